The van der Waals surface area contributed by atoms with Gasteiger partial charge in [0.05, 0.1) is 7.11 Å². The van der Waals surface area contributed by atoms with Crippen molar-refractivity contribution >= 4 is 11.8 Å². The molecule has 1 aliphatic heterocycles. The maximum Gasteiger partial charge on any atom is 0.261 e. The fourth-order valence-electron chi connectivity index (χ4n) is 2.68. The summed E-state index contributed by atoms with van der Waals surface area (Å²) in [6, 6.07) is 6.91. The van der Waals surface area contributed by atoms with Crippen LogP contribution in [0.5, 0.6) is 11.5 Å². The predicted molar refractivity (Wildman–Crippen MR) is 88.0 cm³/mol. The fourth-order valence-corrected chi connectivity index (χ4v) is 2.68. The molecule has 2 aliphatic rings. The van der Waals surface area contributed by atoms with Gasteiger partial charge in [-0.2, -0.15) is 0 Å². The van der Waals surface area contributed by atoms with E-state index in [4.69, 9.17) is 9.47 Å². The Morgan fingerprint density at radius 2 is 2.12 bits per heavy atom. The van der Waals surface area contributed by atoms with Gasteiger partial charge in [0.15, 0.2) is 6.61 Å². The van der Waals surface area contributed by atoms with Crippen molar-refractivity contribution in [1.82, 2.24) is 15.5 Å². The van der Waals surface area contributed by atoms with E-state index in [1.54, 1.807) is 30.2 Å². The van der Waals surface area contributed by atoms with E-state index < -0.39 is 6.04 Å². The summed E-state index contributed by atoms with van der Waals surface area (Å²) in [5.41, 5.74) is 0. The highest BCUT2D eigenvalue weighted by atomic mass is 16.5. The molecule has 1 saturated carbocycles. The zero-order valence-electron chi connectivity index (χ0n) is 13.8. The van der Waals surface area contributed by atoms with Crippen LogP contribution in [-0.2, 0) is 9.59 Å². The third-order valence-corrected chi connectivity index (χ3v) is 4.19. The molecule has 0 aromatic heterocycles. The molecule has 0 spiro atoms. The van der Waals surface area contributed by atoms with Crippen molar-refractivity contribution in [3.05, 3.63) is 24.3 Å². The van der Waals surface area contributed by atoms with Crippen molar-refractivity contribution in [2.75, 3.05) is 33.4 Å². The number of rotatable bonds is 6. The molecule has 1 aliphatic carbocycles. The smallest absolute Gasteiger partial charge is 0.261 e. The average Bonchev–Trinajstić information content (AvgIpc) is 3.43. The topological polar surface area (TPSA) is 79.9 Å². The number of methoxy groups -OCH3 is 1. The van der Waals surface area contributed by atoms with Crippen molar-refractivity contribution in [1.29, 1.82) is 0 Å². The normalized spacial score (nSPS) is 20.4. The van der Waals surface area contributed by atoms with Crippen molar-refractivity contribution in [3.8, 4) is 11.5 Å². The monoisotopic (exact) mass is 333 g/mol. The summed E-state index contributed by atoms with van der Waals surface area (Å²) >= 11 is 0. The lowest BCUT2D eigenvalue weighted by Crippen LogP contribution is -2.60. The Morgan fingerprint density at radius 3 is 2.88 bits per heavy atom. The Labute approximate surface area is 141 Å². The molecule has 7 nitrogen and oxygen atoms in total. The van der Waals surface area contributed by atoms with Crippen molar-refractivity contribution < 1.29 is 19.1 Å². The predicted octanol–water partition coefficient (Wildman–Crippen LogP) is 0.153. The number of amides is 2. The number of ether oxygens (including phenoxy) is 2. The van der Waals surface area contributed by atoms with Gasteiger partial charge in [-0.25, -0.2) is 0 Å². The number of hydrogen-bond donors (Lipinski definition) is 2. The summed E-state index contributed by atoms with van der Waals surface area (Å²) < 4.78 is 10.7. The summed E-state index contributed by atoms with van der Waals surface area (Å²) in [4.78, 5) is 26.4. The van der Waals surface area contributed by atoms with Crippen LogP contribution in [-0.4, -0.2) is 62.1 Å². The molecule has 0 bridgehead atoms. The van der Waals surface area contributed by atoms with Crippen LogP contribution in [0.2, 0.25) is 0 Å². The Morgan fingerprint density at radius 1 is 1.33 bits per heavy atom. The quantitative estimate of drug-likeness (QED) is 0.775. The van der Waals surface area contributed by atoms with Crippen LogP contribution < -0.4 is 20.1 Å². The number of carbonyl (C=O) groups is 2. The number of nitrogens with zero attached hydrogens (tertiary/aromatic N) is 1. The number of carbonyl (C=O) groups excluding carboxylic acids is 2. The molecule has 3 rings (SSSR count). The minimum Gasteiger partial charge on any atom is -0.497 e. The van der Waals surface area contributed by atoms with Crippen LogP contribution in [0.4, 0.5) is 0 Å². The molecule has 24 heavy (non-hydrogen) atoms. The molecule has 0 unspecified atom stereocenters. The lowest BCUT2D eigenvalue weighted by molar-refractivity contribution is -0.143. The van der Waals surface area contributed by atoms with Gasteiger partial charge in [0.2, 0.25) is 5.91 Å². The van der Waals surface area contributed by atoms with Crippen LogP contribution in [0.25, 0.3) is 0 Å². The first-order chi connectivity index (χ1) is 11.7. The molecule has 2 N–H and O–H groups in total. The lowest BCUT2D eigenvalue weighted by Gasteiger charge is -2.35. The third-order valence-electron chi connectivity index (χ3n) is 4.19. The van der Waals surface area contributed by atoms with Gasteiger partial charge in [0.25, 0.3) is 5.91 Å². The van der Waals surface area contributed by atoms with E-state index in [0.29, 0.717) is 31.1 Å². The number of hydrogen-bond acceptors (Lipinski definition) is 5. The van der Waals surface area contributed by atoms with Gasteiger partial charge in [-0.15, -0.1) is 0 Å². The molecule has 130 valence electrons. The standard InChI is InChI=1S/C17H23N3O4/c1-23-13-3-2-4-14(9-13)24-11-16(21)20-8-7-18-10-15(20)17(22)19-12-5-6-12/h2-4,9,12,15,18H,5-8,10-11H2,1H3,(H,19,22)/t15-/m0/s1. The molecule has 2 amide bonds. The van der Waals surface area contributed by atoms with E-state index in [1.165, 1.54) is 0 Å². The van der Waals surface area contributed by atoms with E-state index >= 15 is 0 Å². The summed E-state index contributed by atoms with van der Waals surface area (Å²) in [6.07, 6.45) is 2.05. The Bertz CT molecular complexity index is 603. The zero-order chi connectivity index (χ0) is 16.9. The molecule has 1 aromatic rings. The Kier molecular flexibility index (Phi) is 5.20. The second kappa shape index (κ2) is 7.53. The Hall–Kier alpha value is -2.28. The molecule has 1 heterocycles. The SMILES string of the molecule is COc1cccc(OCC(=O)N2CCNC[C@H]2C(=O)NC2CC2)c1. The van der Waals surface area contributed by atoms with E-state index in [9.17, 15) is 9.59 Å². The highest BCUT2D eigenvalue weighted by molar-refractivity contribution is 5.89. The molecule has 1 saturated heterocycles. The molecule has 7 heteroatoms. The van der Waals surface area contributed by atoms with Gasteiger partial charge >= 0.3 is 0 Å². The fraction of sp³-hybridized carbons (Fsp3) is 0.529. The van der Waals surface area contributed by atoms with Crippen LogP contribution in [0.15, 0.2) is 24.3 Å². The molecular weight excluding hydrogens is 310 g/mol. The molecular formula is C17H23N3O4. The van der Waals surface area contributed by atoms with Crippen molar-refractivity contribution in [2.45, 2.75) is 24.9 Å². The minimum absolute atomic E-state index is 0.0839. The molecule has 2 fully saturated rings. The van der Waals surface area contributed by atoms with Gasteiger partial charge in [-0.3, -0.25) is 9.59 Å². The largest absolute Gasteiger partial charge is 0.497 e. The van der Waals surface area contributed by atoms with E-state index in [2.05, 4.69) is 10.6 Å². The van der Waals surface area contributed by atoms with E-state index in [1.807, 2.05) is 6.07 Å². The van der Waals surface area contributed by atoms with Crippen LogP contribution in [0.1, 0.15) is 12.8 Å². The zero-order valence-corrected chi connectivity index (χ0v) is 13.8. The van der Waals surface area contributed by atoms with Gasteiger partial charge in [-0.05, 0) is 25.0 Å². The average molecular weight is 333 g/mol. The number of nitrogens with one attached hydrogen (secondary N) is 2. The summed E-state index contributed by atoms with van der Waals surface area (Å²) in [5.74, 6) is 0.968. The summed E-state index contributed by atoms with van der Waals surface area (Å²) in [6.45, 7) is 1.56. The van der Waals surface area contributed by atoms with Gasteiger partial charge in [0.1, 0.15) is 17.5 Å². The highest BCUT2D eigenvalue weighted by Crippen LogP contribution is 2.20. The lowest BCUT2D eigenvalue weighted by atomic mass is 10.1. The first-order valence-electron chi connectivity index (χ1n) is 8.25. The summed E-state index contributed by atoms with van der Waals surface area (Å²) in [5, 5.41) is 6.14. The second-order valence-corrected chi connectivity index (χ2v) is 6.06. The molecule has 0 radical (unpaired) electrons. The van der Waals surface area contributed by atoms with Crippen LogP contribution >= 0.6 is 0 Å². The minimum atomic E-state index is -0.472. The van der Waals surface area contributed by atoms with Crippen LogP contribution in [0, 0.1) is 0 Å². The third kappa shape index (κ3) is 4.17. The van der Waals surface area contributed by atoms with Gasteiger partial charge in [0, 0.05) is 31.7 Å². The molecule has 1 aromatic carbocycles. The maximum absolute atomic E-state index is 12.5. The first-order valence-corrected chi connectivity index (χ1v) is 8.25. The summed E-state index contributed by atoms with van der Waals surface area (Å²) in [7, 11) is 1.58. The van der Waals surface area contributed by atoms with E-state index in [0.717, 1.165) is 12.8 Å². The second-order valence-electron chi connectivity index (χ2n) is 6.06. The maximum atomic E-state index is 12.5. The first kappa shape index (κ1) is 16.6. The van der Waals surface area contributed by atoms with E-state index in [-0.39, 0.29) is 24.5 Å². The molecule has 1 atom stereocenters. The highest BCUT2D eigenvalue weighted by Gasteiger charge is 2.34. The Balaban J connectivity index is 1.57. The van der Waals surface area contributed by atoms with Gasteiger partial charge in [-0.1, -0.05) is 6.07 Å². The van der Waals surface area contributed by atoms with Crippen molar-refractivity contribution in [2.24, 2.45) is 0 Å². The van der Waals surface area contributed by atoms with Crippen molar-refractivity contribution in [3.63, 3.8) is 0 Å². The number of benzene rings is 1. The number of piperazine rings is 1. The van der Waals surface area contributed by atoms with Gasteiger partial charge < -0.3 is 25.0 Å². The van der Waals surface area contributed by atoms with Crippen LogP contribution in [0.3, 0.4) is 0 Å².